The molecule has 0 bridgehead atoms. The van der Waals surface area contributed by atoms with E-state index in [-0.39, 0.29) is 11.8 Å². The van der Waals surface area contributed by atoms with E-state index in [9.17, 15) is 4.79 Å². The van der Waals surface area contributed by atoms with Crippen LogP contribution in [0.5, 0.6) is 0 Å². The van der Waals surface area contributed by atoms with Crippen molar-refractivity contribution in [3.05, 3.63) is 7.11 Å². The number of ether oxygens (including phenoxy) is 1. The van der Waals surface area contributed by atoms with Crippen molar-refractivity contribution in [2.75, 3.05) is 5.88 Å². The zero-order valence-electron chi connectivity index (χ0n) is 5.61. The molecule has 3 heteroatoms. The highest BCUT2D eigenvalue weighted by molar-refractivity contribution is 6.19. The van der Waals surface area contributed by atoms with E-state index in [0.29, 0.717) is 0 Å². The Bertz CT molecular complexity index is 110. The summed E-state index contributed by atoms with van der Waals surface area (Å²) < 4.78 is 4.23. The van der Waals surface area contributed by atoms with Crippen LogP contribution in [0.15, 0.2) is 0 Å². The maximum absolute atomic E-state index is 10.7. The molecule has 0 fully saturated rings. The van der Waals surface area contributed by atoms with Crippen LogP contribution in [0.4, 0.5) is 0 Å². The number of rotatable bonds is 2. The van der Waals surface area contributed by atoms with Gasteiger partial charge in [0.05, 0.1) is 5.41 Å². The van der Waals surface area contributed by atoms with Crippen molar-refractivity contribution in [3.8, 4) is 0 Å². The van der Waals surface area contributed by atoms with E-state index in [4.69, 9.17) is 11.6 Å². The smallest absolute Gasteiger partial charge is 0.312 e. The first-order chi connectivity index (χ1) is 4.04. The molecule has 0 atom stereocenters. The zero-order valence-corrected chi connectivity index (χ0v) is 6.36. The number of carbonyl (C=O) groups is 1. The molecule has 0 aromatic carbocycles. The average Bonchev–Trinajstić information content (AvgIpc) is 1.86. The molecule has 0 N–H and O–H groups in total. The van der Waals surface area contributed by atoms with Crippen LogP contribution in [0.1, 0.15) is 13.8 Å². The van der Waals surface area contributed by atoms with E-state index in [1.165, 1.54) is 0 Å². The first-order valence-electron chi connectivity index (χ1n) is 2.57. The van der Waals surface area contributed by atoms with Crippen LogP contribution >= 0.6 is 11.6 Å². The zero-order chi connectivity index (χ0) is 7.49. The molecule has 9 heavy (non-hydrogen) atoms. The number of alkyl halides is 1. The third kappa shape index (κ3) is 2.22. The van der Waals surface area contributed by atoms with E-state index in [1.807, 2.05) is 0 Å². The normalized spacial score (nSPS) is 11.1. The van der Waals surface area contributed by atoms with Crippen molar-refractivity contribution in [2.45, 2.75) is 13.8 Å². The van der Waals surface area contributed by atoms with Gasteiger partial charge in [-0.3, -0.25) is 4.79 Å². The summed E-state index contributed by atoms with van der Waals surface area (Å²) in [7, 11) is 2.99. The lowest BCUT2D eigenvalue weighted by molar-refractivity contribution is -0.147. The molecular weight excluding hydrogens is 140 g/mol. The van der Waals surface area contributed by atoms with Gasteiger partial charge < -0.3 is 4.74 Å². The second-order valence-corrected chi connectivity index (χ2v) is 2.72. The third-order valence-corrected chi connectivity index (χ3v) is 1.69. The van der Waals surface area contributed by atoms with E-state index < -0.39 is 5.41 Å². The van der Waals surface area contributed by atoms with Crippen molar-refractivity contribution < 1.29 is 9.53 Å². The highest BCUT2D eigenvalue weighted by Crippen LogP contribution is 2.18. The van der Waals surface area contributed by atoms with Gasteiger partial charge in [-0.2, -0.15) is 0 Å². The Morgan fingerprint density at radius 2 is 2.22 bits per heavy atom. The maximum atomic E-state index is 10.7. The molecule has 0 rings (SSSR count). The minimum Gasteiger partial charge on any atom is -0.462 e. The van der Waals surface area contributed by atoms with Gasteiger partial charge in [0, 0.05) is 5.88 Å². The lowest BCUT2D eigenvalue weighted by Crippen LogP contribution is -2.26. The Hall–Kier alpha value is -0.240. The maximum Gasteiger partial charge on any atom is 0.312 e. The van der Waals surface area contributed by atoms with Crippen molar-refractivity contribution in [2.24, 2.45) is 5.41 Å². The van der Waals surface area contributed by atoms with Gasteiger partial charge in [-0.05, 0) is 13.8 Å². The lowest BCUT2D eigenvalue weighted by Gasteiger charge is -2.16. The first kappa shape index (κ1) is 8.76. The molecule has 2 nitrogen and oxygen atoms in total. The van der Waals surface area contributed by atoms with Crippen molar-refractivity contribution >= 4 is 17.6 Å². The fraction of sp³-hybridized carbons (Fsp3) is 0.667. The summed E-state index contributed by atoms with van der Waals surface area (Å²) >= 11 is 5.44. The van der Waals surface area contributed by atoms with Crippen molar-refractivity contribution in [1.29, 1.82) is 0 Å². The number of hydrogen-bond donors (Lipinski definition) is 0. The Morgan fingerprint density at radius 1 is 1.78 bits per heavy atom. The highest BCUT2D eigenvalue weighted by Gasteiger charge is 2.26. The molecule has 0 aliphatic carbocycles. The van der Waals surface area contributed by atoms with Gasteiger partial charge in [0.1, 0.15) is 7.11 Å². The lowest BCUT2D eigenvalue weighted by atomic mass is 9.97. The number of hydrogen-bond acceptors (Lipinski definition) is 2. The molecule has 0 aliphatic heterocycles. The van der Waals surface area contributed by atoms with Crippen LogP contribution < -0.4 is 0 Å². The summed E-state index contributed by atoms with van der Waals surface area (Å²) in [5.41, 5.74) is -0.608. The molecule has 0 unspecified atom stereocenters. The van der Waals surface area contributed by atoms with Gasteiger partial charge in [0.25, 0.3) is 0 Å². The van der Waals surface area contributed by atoms with Crippen LogP contribution in [-0.2, 0) is 9.53 Å². The molecule has 1 radical (unpaired) electrons. The van der Waals surface area contributed by atoms with Gasteiger partial charge in [0.2, 0.25) is 0 Å². The summed E-state index contributed by atoms with van der Waals surface area (Å²) in [4.78, 5) is 10.7. The van der Waals surface area contributed by atoms with E-state index in [1.54, 1.807) is 13.8 Å². The summed E-state index contributed by atoms with van der Waals surface area (Å²) in [6, 6.07) is 0. The first-order valence-corrected chi connectivity index (χ1v) is 3.10. The van der Waals surface area contributed by atoms with E-state index in [2.05, 4.69) is 11.8 Å². The SMILES string of the molecule is [CH2]OC(=O)C(C)(C)CCl. The molecular formula is C6H10ClO2. The average molecular weight is 150 g/mol. The van der Waals surface area contributed by atoms with E-state index in [0.717, 1.165) is 0 Å². The van der Waals surface area contributed by atoms with Gasteiger partial charge in [-0.25, -0.2) is 0 Å². The summed E-state index contributed by atoms with van der Waals surface area (Å²) in [5, 5.41) is 0. The van der Waals surface area contributed by atoms with Gasteiger partial charge in [-0.1, -0.05) is 0 Å². The molecule has 0 aromatic rings. The van der Waals surface area contributed by atoms with Crippen molar-refractivity contribution in [1.82, 2.24) is 0 Å². The largest absolute Gasteiger partial charge is 0.462 e. The molecule has 0 amide bonds. The molecule has 0 saturated carbocycles. The molecule has 53 valence electrons. The third-order valence-electron chi connectivity index (χ3n) is 1.02. The van der Waals surface area contributed by atoms with E-state index >= 15 is 0 Å². The predicted molar refractivity (Wildman–Crippen MR) is 36.0 cm³/mol. The van der Waals surface area contributed by atoms with Crippen LogP contribution in [0.2, 0.25) is 0 Å². The van der Waals surface area contributed by atoms with Crippen molar-refractivity contribution in [3.63, 3.8) is 0 Å². The fourth-order valence-electron chi connectivity index (χ4n) is 0.250. The van der Waals surface area contributed by atoms with Crippen LogP contribution in [0, 0.1) is 12.5 Å². The Morgan fingerprint density at radius 3 is 2.33 bits per heavy atom. The standard InChI is InChI=1S/C6H10ClO2/c1-6(2,4-7)5(8)9-3/h3-4H2,1-2H3. The number of carbonyl (C=O) groups excluding carboxylic acids is 1. The highest BCUT2D eigenvalue weighted by atomic mass is 35.5. The number of halogens is 1. The summed E-state index contributed by atoms with van der Waals surface area (Å²) in [6.45, 7) is 3.40. The Balaban J connectivity index is 3.97. The van der Waals surface area contributed by atoms with Gasteiger partial charge in [0.15, 0.2) is 0 Å². The molecule has 0 saturated heterocycles. The minimum atomic E-state index is -0.608. The van der Waals surface area contributed by atoms with Gasteiger partial charge >= 0.3 is 5.97 Å². The van der Waals surface area contributed by atoms with Gasteiger partial charge in [-0.15, -0.1) is 11.6 Å². The number of esters is 1. The molecule has 0 spiro atoms. The summed E-state index contributed by atoms with van der Waals surface area (Å²) in [5.74, 6) is -0.126. The second-order valence-electron chi connectivity index (χ2n) is 2.45. The van der Waals surface area contributed by atoms with Crippen LogP contribution in [-0.4, -0.2) is 11.8 Å². The Kier molecular flexibility index (Phi) is 2.98. The van der Waals surface area contributed by atoms with Crippen LogP contribution in [0.3, 0.4) is 0 Å². The summed E-state index contributed by atoms with van der Waals surface area (Å²) in [6.07, 6.45) is 0. The van der Waals surface area contributed by atoms with Crippen LogP contribution in [0.25, 0.3) is 0 Å². The molecule has 0 aliphatic rings. The molecule has 0 aromatic heterocycles. The fourth-order valence-corrected chi connectivity index (χ4v) is 0.359. The second kappa shape index (κ2) is 3.06. The Labute approximate surface area is 60.1 Å². The quantitative estimate of drug-likeness (QED) is 0.440. The molecule has 0 heterocycles. The monoisotopic (exact) mass is 149 g/mol. The topological polar surface area (TPSA) is 26.3 Å². The predicted octanol–water partition coefficient (Wildman–Crippen LogP) is 1.59. The minimum absolute atomic E-state index is 0.251.